The van der Waals surface area contributed by atoms with Crippen LogP contribution in [0.25, 0.3) is 11.0 Å². The zero-order chi connectivity index (χ0) is 16.5. The first kappa shape index (κ1) is 15.4. The van der Waals surface area contributed by atoms with E-state index < -0.39 is 0 Å². The van der Waals surface area contributed by atoms with Crippen molar-refractivity contribution in [1.82, 2.24) is 20.3 Å². The van der Waals surface area contributed by atoms with E-state index in [0.29, 0.717) is 28.8 Å². The lowest BCUT2D eigenvalue weighted by Crippen LogP contribution is -2.40. The second-order valence-corrected chi connectivity index (χ2v) is 6.99. The third-order valence-electron chi connectivity index (χ3n) is 5.63. The largest absolute Gasteiger partial charge is 0.496 e. The van der Waals surface area contributed by atoms with Gasteiger partial charge in [-0.25, -0.2) is 0 Å². The van der Waals surface area contributed by atoms with Crippen molar-refractivity contribution in [3.63, 3.8) is 0 Å². The smallest absolute Gasteiger partial charge is 0.257 e. The van der Waals surface area contributed by atoms with Gasteiger partial charge in [0.2, 0.25) is 0 Å². The van der Waals surface area contributed by atoms with Crippen molar-refractivity contribution in [2.45, 2.75) is 51.0 Å². The number of carbonyl (C=O) groups excluding carboxylic acids is 1. The van der Waals surface area contributed by atoms with Gasteiger partial charge in [0.15, 0.2) is 0 Å². The first-order valence-corrected chi connectivity index (χ1v) is 8.97. The van der Waals surface area contributed by atoms with Crippen LogP contribution < -0.4 is 4.74 Å². The summed E-state index contributed by atoms with van der Waals surface area (Å²) < 4.78 is 5.46. The van der Waals surface area contributed by atoms with Crippen LogP contribution in [-0.2, 0) is 0 Å². The molecule has 1 aliphatic carbocycles. The Morgan fingerprint density at radius 1 is 1.21 bits per heavy atom. The van der Waals surface area contributed by atoms with Crippen LogP contribution in [0.15, 0.2) is 12.1 Å². The Balaban J connectivity index is 1.64. The summed E-state index contributed by atoms with van der Waals surface area (Å²) in [5.41, 5.74) is 2.10. The summed E-state index contributed by atoms with van der Waals surface area (Å²) in [4.78, 5) is 15.3. The topological polar surface area (TPSA) is 71.1 Å². The standard InChI is InChI=1S/C18H24N4O2/c1-24-17-11-15-14(19-21-20-15)10-13(17)18(23)22-9-5-8-16(22)12-6-3-2-4-7-12/h10-12,16H,2-9H2,1H3,(H,19,20,21)/t16-/m1/s1. The molecule has 2 heterocycles. The second-order valence-electron chi connectivity index (χ2n) is 6.99. The number of amides is 1. The van der Waals surface area contributed by atoms with E-state index >= 15 is 0 Å². The van der Waals surface area contributed by atoms with Crippen LogP contribution in [0.4, 0.5) is 0 Å². The van der Waals surface area contributed by atoms with Gasteiger partial charge < -0.3 is 9.64 Å². The van der Waals surface area contributed by atoms with Crippen LogP contribution in [0.2, 0.25) is 0 Å². The molecule has 1 saturated heterocycles. The van der Waals surface area contributed by atoms with Gasteiger partial charge in [-0.2, -0.15) is 0 Å². The lowest BCUT2D eigenvalue weighted by Gasteiger charge is -2.34. The maximum Gasteiger partial charge on any atom is 0.257 e. The maximum atomic E-state index is 13.2. The van der Waals surface area contributed by atoms with Crippen LogP contribution in [-0.4, -0.2) is 45.9 Å². The summed E-state index contributed by atoms with van der Waals surface area (Å²) in [5.74, 6) is 1.32. The first-order chi connectivity index (χ1) is 11.8. The molecule has 1 aliphatic heterocycles. The fourth-order valence-electron chi connectivity index (χ4n) is 4.42. The number of methoxy groups -OCH3 is 1. The quantitative estimate of drug-likeness (QED) is 0.939. The number of ether oxygens (including phenoxy) is 1. The highest BCUT2D eigenvalue weighted by Gasteiger charge is 2.36. The van der Waals surface area contributed by atoms with Crippen molar-refractivity contribution in [3.8, 4) is 5.75 Å². The number of hydrogen-bond donors (Lipinski definition) is 1. The first-order valence-electron chi connectivity index (χ1n) is 8.97. The van der Waals surface area contributed by atoms with Crippen molar-refractivity contribution in [3.05, 3.63) is 17.7 Å². The molecule has 0 unspecified atom stereocenters. The van der Waals surface area contributed by atoms with Gasteiger partial charge >= 0.3 is 0 Å². The van der Waals surface area contributed by atoms with E-state index in [-0.39, 0.29) is 5.91 Å². The summed E-state index contributed by atoms with van der Waals surface area (Å²) >= 11 is 0. The van der Waals surface area contributed by atoms with Gasteiger partial charge in [0.05, 0.1) is 18.2 Å². The summed E-state index contributed by atoms with van der Waals surface area (Å²) in [6.07, 6.45) is 8.70. The number of nitrogens with one attached hydrogen (secondary N) is 1. The number of rotatable bonds is 3. The van der Waals surface area contributed by atoms with E-state index in [2.05, 4.69) is 20.3 Å². The number of aromatic nitrogens is 3. The lowest BCUT2D eigenvalue weighted by molar-refractivity contribution is 0.0658. The monoisotopic (exact) mass is 328 g/mol. The Morgan fingerprint density at radius 3 is 2.83 bits per heavy atom. The third-order valence-corrected chi connectivity index (χ3v) is 5.63. The minimum Gasteiger partial charge on any atom is -0.496 e. The van der Waals surface area contributed by atoms with Gasteiger partial charge in [-0.15, -0.1) is 5.10 Å². The van der Waals surface area contributed by atoms with Gasteiger partial charge in [0.1, 0.15) is 11.3 Å². The summed E-state index contributed by atoms with van der Waals surface area (Å²) in [6.45, 7) is 0.850. The van der Waals surface area contributed by atoms with E-state index in [1.807, 2.05) is 6.07 Å². The number of carbonyl (C=O) groups is 1. The van der Waals surface area contributed by atoms with Gasteiger partial charge in [0.25, 0.3) is 5.91 Å². The molecular weight excluding hydrogens is 304 g/mol. The average Bonchev–Trinajstić information content (AvgIpc) is 3.29. The van der Waals surface area contributed by atoms with Gasteiger partial charge in [0, 0.05) is 18.7 Å². The molecule has 24 heavy (non-hydrogen) atoms. The molecule has 1 aromatic carbocycles. The molecule has 6 nitrogen and oxygen atoms in total. The molecule has 6 heteroatoms. The molecule has 2 fully saturated rings. The predicted octanol–water partition coefficient (Wildman–Crippen LogP) is 3.15. The molecule has 2 aromatic rings. The van der Waals surface area contributed by atoms with Crippen molar-refractivity contribution in [2.24, 2.45) is 5.92 Å². The Kier molecular flexibility index (Phi) is 4.12. The molecule has 1 N–H and O–H groups in total. The van der Waals surface area contributed by atoms with Crippen molar-refractivity contribution in [2.75, 3.05) is 13.7 Å². The Morgan fingerprint density at radius 2 is 2.04 bits per heavy atom. The molecule has 0 bridgehead atoms. The van der Waals surface area contributed by atoms with E-state index in [4.69, 9.17) is 4.74 Å². The van der Waals surface area contributed by atoms with E-state index in [1.165, 1.54) is 32.1 Å². The molecular formula is C18H24N4O2. The Bertz CT molecular complexity index is 736. The van der Waals surface area contributed by atoms with Gasteiger partial charge in [-0.3, -0.25) is 9.89 Å². The van der Waals surface area contributed by atoms with Crippen molar-refractivity contribution in [1.29, 1.82) is 0 Å². The normalized spacial score (nSPS) is 22.2. The number of aromatic amines is 1. The third kappa shape index (κ3) is 2.64. The molecule has 1 amide bonds. The summed E-state index contributed by atoms with van der Waals surface area (Å²) in [5, 5.41) is 10.7. The molecule has 4 rings (SSSR count). The molecule has 2 aliphatic rings. The number of fused-ring (bicyclic) bond motifs is 1. The van der Waals surface area contributed by atoms with Crippen LogP contribution in [0, 0.1) is 5.92 Å². The van der Waals surface area contributed by atoms with Gasteiger partial charge in [-0.1, -0.05) is 24.5 Å². The Labute approximate surface area is 141 Å². The fourth-order valence-corrected chi connectivity index (χ4v) is 4.42. The number of benzene rings is 1. The maximum absolute atomic E-state index is 13.2. The summed E-state index contributed by atoms with van der Waals surface area (Å²) in [6, 6.07) is 4.00. The molecule has 1 atom stereocenters. The number of H-pyrrole nitrogens is 1. The van der Waals surface area contributed by atoms with Crippen molar-refractivity contribution < 1.29 is 9.53 Å². The van der Waals surface area contributed by atoms with E-state index in [1.54, 1.807) is 13.2 Å². The van der Waals surface area contributed by atoms with Crippen LogP contribution in [0.3, 0.4) is 0 Å². The minimum atomic E-state index is 0.0800. The number of hydrogen-bond acceptors (Lipinski definition) is 4. The minimum absolute atomic E-state index is 0.0800. The number of nitrogens with zero attached hydrogens (tertiary/aromatic N) is 3. The molecule has 0 spiro atoms. The highest BCUT2D eigenvalue weighted by Crippen LogP contribution is 2.36. The van der Waals surface area contributed by atoms with Crippen LogP contribution >= 0.6 is 0 Å². The lowest BCUT2D eigenvalue weighted by atomic mass is 9.83. The zero-order valence-electron chi connectivity index (χ0n) is 14.1. The van der Waals surface area contributed by atoms with E-state index in [9.17, 15) is 4.79 Å². The number of likely N-dealkylation sites (tertiary alicyclic amines) is 1. The average molecular weight is 328 g/mol. The van der Waals surface area contributed by atoms with Crippen LogP contribution in [0.5, 0.6) is 5.75 Å². The molecule has 1 aromatic heterocycles. The Hall–Kier alpha value is -2.11. The predicted molar refractivity (Wildman–Crippen MR) is 91.1 cm³/mol. The fraction of sp³-hybridized carbons (Fsp3) is 0.611. The summed E-state index contributed by atoms with van der Waals surface area (Å²) in [7, 11) is 1.60. The molecule has 0 radical (unpaired) electrons. The van der Waals surface area contributed by atoms with Crippen molar-refractivity contribution >= 4 is 16.9 Å². The zero-order valence-corrected chi connectivity index (χ0v) is 14.1. The SMILES string of the molecule is COc1cc2nn[nH]c2cc1C(=O)N1CCC[C@@H]1C1CCCCC1. The molecule has 128 valence electrons. The second kappa shape index (κ2) is 6.42. The van der Waals surface area contributed by atoms with Crippen LogP contribution in [0.1, 0.15) is 55.3 Å². The highest BCUT2D eigenvalue weighted by molar-refractivity contribution is 6.00. The highest BCUT2D eigenvalue weighted by atomic mass is 16.5. The van der Waals surface area contributed by atoms with Gasteiger partial charge in [-0.05, 0) is 37.7 Å². The molecule has 1 saturated carbocycles. The van der Waals surface area contributed by atoms with E-state index in [0.717, 1.165) is 24.9 Å².